The van der Waals surface area contributed by atoms with Crippen LogP contribution in [0.2, 0.25) is 0 Å². The van der Waals surface area contributed by atoms with Crippen LogP contribution >= 0.6 is 0 Å². The van der Waals surface area contributed by atoms with E-state index in [4.69, 9.17) is 4.42 Å². The molecule has 0 unspecified atom stereocenters. The molecule has 5 heteroatoms. The van der Waals surface area contributed by atoms with Gasteiger partial charge in [0.15, 0.2) is 0 Å². The maximum atomic E-state index is 11.8. The van der Waals surface area contributed by atoms with Crippen molar-refractivity contribution in [1.82, 2.24) is 10.2 Å². The van der Waals surface area contributed by atoms with Gasteiger partial charge in [0.25, 0.3) is 0 Å². The van der Waals surface area contributed by atoms with Crippen molar-refractivity contribution in [2.45, 2.75) is 26.7 Å². The van der Waals surface area contributed by atoms with E-state index in [2.05, 4.69) is 29.4 Å². The number of anilines is 1. The van der Waals surface area contributed by atoms with Gasteiger partial charge < -0.3 is 9.73 Å². The van der Waals surface area contributed by atoms with Gasteiger partial charge in [-0.3, -0.25) is 4.79 Å². The van der Waals surface area contributed by atoms with Crippen LogP contribution in [0.25, 0.3) is 11.5 Å². The lowest BCUT2D eigenvalue weighted by Gasteiger charge is -2.07. The molecule has 1 aromatic carbocycles. The van der Waals surface area contributed by atoms with E-state index in [9.17, 15) is 4.79 Å². The highest BCUT2D eigenvalue weighted by Crippen LogP contribution is 2.20. The van der Waals surface area contributed by atoms with Crippen LogP contribution in [-0.2, 0) is 4.79 Å². The van der Waals surface area contributed by atoms with Crippen LogP contribution in [0.15, 0.2) is 35.1 Å². The van der Waals surface area contributed by atoms with E-state index in [0.29, 0.717) is 18.2 Å². The first-order valence-electron chi connectivity index (χ1n) is 6.31. The van der Waals surface area contributed by atoms with E-state index >= 15 is 0 Å². The molecule has 1 amide bonds. The molecule has 2 rings (SSSR count). The first kappa shape index (κ1) is 13.3. The van der Waals surface area contributed by atoms with Crippen LogP contribution < -0.4 is 5.32 Å². The molecule has 1 heterocycles. The lowest BCUT2D eigenvalue weighted by molar-refractivity contribution is -0.116. The number of nitrogens with one attached hydrogen (secondary N) is 1. The first-order chi connectivity index (χ1) is 9.15. The molecule has 2 aromatic rings. The summed E-state index contributed by atoms with van der Waals surface area (Å²) in [6.45, 7) is 4.20. The molecule has 19 heavy (non-hydrogen) atoms. The molecule has 0 radical (unpaired) electrons. The van der Waals surface area contributed by atoms with Crippen LogP contribution in [0, 0.1) is 5.92 Å². The predicted molar refractivity (Wildman–Crippen MR) is 72.4 cm³/mol. The van der Waals surface area contributed by atoms with Gasteiger partial charge >= 0.3 is 0 Å². The lowest BCUT2D eigenvalue weighted by Crippen LogP contribution is -2.12. The number of nitrogens with zero attached hydrogens (tertiary/aromatic N) is 2. The highest BCUT2D eigenvalue weighted by atomic mass is 16.4. The molecular formula is C14H17N3O2. The molecule has 1 N–H and O–H groups in total. The van der Waals surface area contributed by atoms with Crippen LogP contribution in [-0.4, -0.2) is 16.1 Å². The Morgan fingerprint density at radius 3 is 2.95 bits per heavy atom. The number of carbonyl (C=O) groups is 1. The molecule has 5 nitrogen and oxygen atoms in total. The van der Waals surface area contributed by atoms with E-state index in [-0.39, 0.29) is 5.91 Å². The fraction of sp³-hybridized carbons (Fsp3) is 0.357. The van der Waals surface area contributed by atoms with Gasteiger partial charge in [-0.25, -0.2) is 0 Å². The van der Waals surface area contributed by atoms with Crippen molar-refractivity contribution in [3.05, 3.63) is 30.7 Å². The third-order valence-electron chi connectivity index (χ3n) is 2.70. The van der Waals surface area contributed by atoms with E-state index < -0.39 is 0 Å². The second-order valence-corrected chi connectivity index (χ2v) is 4.81. The summed E-state index contributed by atoms with van der Waals surface area (Å²) >= 11 is 0. The topological polar surface area (TPSA) is 68.0 Å². The summed E-state index contributed by atoms with van der Waals surface area (Å²) in [6.07, 6.45) is 2.70. The Hall–Kier alpha value is -2.17. The maximum Gasteiger partial charge on any atom is 0.247 e. The highest BCUT2D eigenvalue weighted by molar-refractivity contribution is 5.91. The van der Waals surface area contributed by atoms with Crippen molar-refractivity contribution < 1.29 is 9.21 Å². The average molecular weight is 259 g/mol. The van der Waals surface area contributed by atoms with Crippen molar-refractivity contribution in [2.24, 2.45) is 5.92 Å². The average Bonchev–Trinajstić information content (AvgIpc) is 2.90. The van der Waals surface area contributed by atoms with Crippen LogP contribution in [0.1, 0.15) is 26.7 Å². The molecular weight excluding hydrogens is 242 g/mol. The highest BCUT2D eigenvalue weighted by Gasteiger charge is 2.07. The van der Waals surface area contributed by atoms with Gasteiger partial charge in [-0.15, -0.1) is 10.2 Å². The van der Waals surface area contributed by atoms with Gasteiger partial charge in [-0.2, -0.15) is 0 Å². The largest absolute Gasteiger partial charge is 0.423 e. The number of amides is 1. The SMILES string of the molecule is CC(C)CCC(=O)Nc1cccc(-c2nnco2)c1. The predicted octanol–water partition coefficient (Wildman–Crippen LogP) is 3.11. The first-order valence-corrected chi connectivity index (χ1v) is 6.31. The van der Waals surface area contributed by atoms with E-state index in [0.717, 1.165) is 17.7 Å². The fourth-order valence-corrected chi connectivity index (χ4v) is 1.67. The molecule has 100 valence electrons. The van der Waals surface area contributed by atoms with Crippen molar-refractivity contribution in [1.29, 1.82) is 0 Å². The summed E-state index contributed by atoms with van der Waals surface area (Å²) in [6, 6.07) is 7.36. The number of benzene rings is 1. The number of aromatic nitrogens is 2. The zero-order chi connectivity index (χ0) is 13.7. The Morgan fingerprint density at radius 1 is 1.42 bits per heavy atom. The lowest BCUT2D eigenvalue weighted by atomic mass is 10.1. The van der Waals surface area contributed by atoms with Crippen molar-refractivity contribution in [3.63, 3.8) is 0 Å². The zero-order valence-electron chi connectivity index (χ0n) is 11.1. The summed E-state index contributed by atoms with van der Waals surface area (Å²) < 4.78 is 5.12. The monoisotopic (exact) mass is 259 g/mol. The Morgan fingerprint density at radius 2 is 2.26 bits per heavy atom. The van der Waals surface area contributed by atoms with Gasteiger partial charge in [-0.1, -0.05) is 19.9 Å². The van der Waals surface area contributed by atoms with Crippen LogP contribution in [0.4, 0.5) is 5.69 Å². The Kier molecular flexibility index (Phi) is 4.28. The van der Waals surface area contributed by atoms with Gasteiger partial charge in [0.1, 0.15) is 0 Å². The van der Waals surface area contributed by atoms with Crippen LogP contribution in [0.3, 0.4) is 0 Å². The van der Waals surface area contributed by atoms with E-state index in [1.54, 1.807) is 0 Å². The molecule has 0 aliphatic carbocycles. The molecule has 1 aromatic heterocycles. The summed E-state index contributed by atoms with van der Waals surface area (Å²) in [4.78, 5) is 11.8. The Labute approximate surface area is 112 Å². The van der Waals surface area contributed by atoms with Gasteiger partial charge in [0, 0.05) is 17.7 Å². The van der Waals surface area contributed by atoms with Crippen molar-refractivity contribution in [3.8, 4) is 11.5 Å². The molecule has 0 fully saturated rings. The van der Waals surface area contributed by atoms with Crippen molar-refractivity contribution >= 4 is 11.6 Å². The third kappa shape index (κ3) is 3.91. The smallest absolute Gasteiger partial charge is 0.247 e. The molecule has 0 bridgehead atoms. The molecule has 0 aliphatic heterocycles. The minimum atomic E-state index is 0.0244. The van der Waals surface area contributed by atoms with E-state index in [1.165, 1.54) is 6.39 Å². The number of hydrogen-bond donors (Lipinski definition) is 1. The second kappa shape index (κ2) is 6.13. The third-order valence-corrected chi connectivity index (χ3v) is 2.70. The second-order valence-electron chi connectivity index (χ2n) is 4.81. The molecule has 0 aliphatic rings. The van der Waals surface area contributed by atoms with Crippen LogP contribution in [0.5, 0.6) is 0 Å². The Balaban J connectivity index is 2.01. The maximum absolute atomic E-state index is 11.8. The van der Waals surface area contributed by atoms with E-state index in [1.807, 2.05) is 24.3 Å². The number of rotatable bonds is 5. The quantitative estimate of drug-likeness (QED) is 0.895. The normalized spacial score (nSPS) is 10.7. The zero-order valence-corrected chi connectivity index (χ0v) is 11.1. The van der Waals surface area contributed by atoms with Gasteiger partial charge in [-0.05, 0) is 30.5 Å². The molecule has 0 atom stereocenters. The minimum Gasteiger partial charge on any atom is -0.423 e. The summed E-state index contributed by atoms with van der Waals surface area (Å²) in [5.74, 6) is 0.991. The van der Waals surface area contributed by atoms with Gasteiger partial charge in [0.05, 0.1) is 0 Å². The molecule has 0 saturated carbocycles. The molecule has 0 saturated heterocycles. The standard InChI is InChI=1S/C14H17N3O2/c1-10(2)6-7-13(18)16-12-5-3-4-11(8-12)14-17-15-9-19-14/h3-5,8-10H,6-7H2,1-2H3,(H,16,18). The van der Waals surface area contributed by atoms with Gasteiger partial charge in [0.2, 0.25) is 18.2 Å². The fourth-order valence-electron chi connectivity index (χ4n) is 1.67. The summed E-state index contributed by atoms with van der Waals surface area (Å²) in [7, 11) is 0. The molecule has 0 spiro atoms. The number of hydrogen-bond acceptors (Lipinski definition) is 4. The summed E-state index contributed by atoms with van der Waals surface area (Å²) in [5.41, 5.74) is 1.53. The minimum absolute atomic E-state index is 0.0244. The number of carbonyl (C=O) groups excluding carboxylic acids is 1. The summed E-state index contributed by atoms with van der Waals surface area (Å²) in [5, 5.41) is 10.3. The Bertz CT molecular complexity index is 535. The van der Waals surface area contributed by atoms with Crippen molar-refractivity contribution in [2.75, 3.05) is 5.32 Å².